The summed E-state index contributed by atoms with van der Waals surface area (Å²) in [7, 11) is 0. The predicted molar refractivity (Wildman–Crippen MR) is 91.6 cm³/mol. The van der Waals surface area contributed by atoms with Crippen LogP contribution in [0.4, 0.5) is 0 Å². The van der Waals surface area contributed by atoms with Crippen LogP contribution >= 0.6 is 11.6 Å². The first-order valence-electron chi connectivity index (χ1n) is 8.16. The summed E-state index contributed by atoms with van der Waals surface area (Å²) in [5, 5.41) is 20.3. The highest BCUT2D eigenvalue weighted by molar-refractivity contribution is 6.33. The van der Waals surface area contributed by atoms with Crippen LogP contribution in [0, 0.1) is 6.92 Å². The molecule has 0 aliphatic carbocycles. The van der Waals surface area contributed by atoms with E-state index in [2.05, 4.69) is 0 Å². The zero-order chi connectivity index (χ0) is 17.2. The van der Waals surface area contributed by atoms with Crippen LogP contribution in [0.1, 0.15) is 72.9 Å². The number of carbonyl (C=O) groups is 2. The van der Waals surface area contributed by atoms with Gasteiger partial charge in [0.05, 0.1) is 10.6 Å². The molecule has 4 nitrogen and oxygen atoms in total. The molecule has 23 heavy (non-hydrogen) atoms. The van der Waals surface area contributed by atoms with E-state index in [1.807, 2.05) is 0 Å². The average Bonchev–Trinajstić information content (AvgIpc) is 2.54. The number of aromatic hydroxyl groups is 2. The van der Waals surface area contributed by atoms with E-state index < -0.39 is 0 Å². The Morgan fingerprint density at radius 2 is 1.48 bits per heavy atom. The van der Waals surface area contributed by atoms with E-state index in [4.69, 9.17) is 11.6 Å². The third-order valence-electron chi connectivity index (χ3n) is 4.13. The lowest BCUT2D eigenvalue weighted by atomic mass is 9.98. The number of rotatable bonds is 11. The molecule has 0 amide bonds. The lowest BCUT2D eigenvalue weighted by Gasteiger charge is -2.13. The molecule has 0 bridgehead atoms. The van der Waals surface area contributed by atoms with Crippen molar-refractivity contribution in [1.29, 1.82) is 0 Å². The highest BCUT2D eigenvalue weighted by Gasteiger charge is 2.19. The molecule has 0 fully saturated rings. The van der Waals surface area contributed by atoms with E-state index in [1.165, 1.54) is 0 Å². The van der Waals surface area contributed by atoms with Gasteiger partial charge in [0, 0.05) is 12.0 Å². The van der Waals surface area contributed by atoms with E-state index in [9.17, 15) is 19.8 Å². The third-order valence-corrected chi connectivity index (χ3v) is 4.60. The molecule has 0 aliphatic rings. The molecule has 1 rings (SSSR count). The van der Waals surface area contributed by atoms with Gasteiger partial charge in [-0.3, -0.25) is 4.79 Å². The van der Waals surface area contributed by atoms with Crippen molar-refractivity contribution in [2.24, 2.45) is 0 Å². The van der Waals surface area contributed by atoms with Crippen molar-refractivity contribution in [1.82, 2.24) is 0 Å². The number of phenols is 2. The fourth-order valence-corrected chi connectivity index (χ4v) is 2.89. The van der Waals surface area contributed by atoms with E-state index >= 15 is 0 Å². The van der Waals surface area contributed by atoms with Crippen LogP contribution in [0.15, 0.2) is 0 Å². The molecule has 0 aromatic heterocycles. The zero-order valence-electron chi connectivity index (χ0n) is 13.6. The number of benzene rings is 1. The average molecular weight is 341 g/mol. The lowest BCUT2D eigenvalue weighted by Crippen LogP contribution is -1.97. The van der Waals surface area contributed by atoms with Crippen molar-refractivity contribution in [2.75, 3.05) is 0 Å². The summed E-state index contributed by atoms with van der Waals surface area (Å²) in [5.74, 6) is -0.283. The van der Waals surface area contributed by atoms with E-state index in [-0.39, 0.29) is 22.1 Å². The van der Waals surface area contributed by atoms with Crippen LogP contribution in [0.3, 0.4) is 0 Å². The van der Waals surface area contributed by atoms with Crippen LogP contribution in [0.25, 0.3) is 0 Å². The number of hydrogen-bond donors (Lipinski definition) is 2. The molecule has 0 saturated heterocycles. The number of aldehydes is 2. The molecule has 0 unspecified atom stereocenters. The smallest absolute Gasteiger partial charge is 0.154 e. The predicted octanol–water partition coefficient (Wildman–Crippen LogP) is 4.73. The van der Waals surface area contributed by atoms with Crippen molar-refractivity contribution < 1.29 is 19.8 Å². The minimum atomic E-state index is -0.159. The van der Waals surface area contributed by atoms with Crippen LogP contribution in [0.2, 0.25) is 5.02 Å². The van der Waals surface area contributed by atoms with Crippen molar-refractivity contribution in [3.8, 4) is 11.5 Å². The summed E-state index contributed by atoms with van der Waals surface area (Å²) in [6.07, 6.45) is 9.80. The molecule has 0 aliphatic heterocycles. The van der Waals surface area contributed by atoms with Crippen LogP contribution in [-0.2, 0) is 11.2 Å². The summed E-state index contributed by atoms with van der Waals surface area (Å²) in [6.45, 7) is 1.60. The van der Waals surface area contributed by atoms with E-state index in [1.54, 1.807) is 6.92 Å². The fourth-order valence-electron chi connectivity index (χ4n) is 2.67. The minimum Gasteiger partial charge on any atom is -0.507 e. The molecular formula is C18H25ClO4. The van der Waals surface area contributed by atoms with Gasteiger partial charge in [0.1, 0.15) is 17.8 Å². The monoisotopic (exact) mass is 340 g/mol. The van der Waals surface area contributed by atoms with Crippen molar-refractivity contribution in [3.63, 3.8) is 0 Å². The number of unbranched alkanes of at least 4 members (excludes halogenated alkanes) is 7. The number of carbonyl (C=O) groups excluding carboxylic acids is 2. The molecule has 0 spiro atoms. The van der Waals surface area contributed by atoms with E-state index in [0.29, 0.717) is 30.3 Å². The molecule has 2 N–H and O–H groups in total. The standard InChI is InChI=1S/C18H25ClO4/c1-13-15(12-21)17(22)14(18(23)16(13)19)10-8-6-4-2-3-5-7-9-11-20/h11-12,22-23H,2-10H2,1H3. The Kier molecular flexibility index (Phi) is 8.70. The van der Waals surface area contributed by atoms with Gasteiger partial charge in [-0.1, -0.05) is 43.7 Å². The second kappa shape index (κ2) is 10.3. The maximum atomic E-state index is 11.1. The summed E-state index contributed by atoms with van der Waals surface area (Å²) in [6, 6.07) is 0. The van der Waals surface area contributed by atoms with Gasteiger partial charge in [-0.05, 0) is 31.7 Å². The van der Waals surface area contributed by atoms with Crippen molar-refractivity contribution in [3.05, 3.63) is 21.7 Å². The molecular weight excluding hydrogens is 316 g/mol. The molecule has 0 atom stereocenters. The molecule has 0 saturated carbocycles. The SMILES string of the molecule is Cc1c(Cl)c(O)c(CCCCCCCCCC=O)c(O)c1C=O. The quantitative estimate of drug-likeness (QED) is 0.451. The maximum Gasteiger partial charge on any atom is 0.154 e. The Hall–Kier alpha value is -1.55. The molecule has 0 radical (unpaired) electrons. The van der Waals surface area contributed by atoms with Gasteiger partial charge in [0.25, 0.3) is 0 Å². The molecule has 0 heterocycles. The lowest BCUT2D eigenvalue weighted by molar-refractivity contribution is -0.107. The van der Waals surface area contributed by atoms with Crippen LogP contribution in [-0.4, -0.2) is 22.8 Å². The number of halogens is 1. The largest absolute Gasteiger partial charge is 0.507 e. The normalized spacial score (nSPS) is 10.7. The Bertz CT molecular complexity index is 541. The van der Waals surface area contributed by atoms with Crippen LogP contribution in [0.5, 0.6) is 11.5 Å². The first-order valence-corrected chi connectivity index (χ1v) is 8.54. The fraction of sp³-hybridized carbons (Fsp3) is 0.556. The van der Waals surface area contributed by atoms with Crippen molar-refractivity contribution in [2.45, 2.75) is 64.7 Å². The van der Waals surface area contributed by atoms with Gasteiger partial charge < -0.3 is 15.0 Å². The molecule has 1 aromatic carbocycles. The van der Waals surface area contributed by atoms with Gasteiger partial charge >= 0.3 is 0 Å². The van der Waals surface area contributed by atoms with Crippen molar-refractivity contribution >= 4 is 24.2 Å². The first kappa shape index (κ1) is 19.5. The Labute approximate surface area is 142 Å². The van der Waals surface area contributed by atoms with Gasteiger partial charge in [-0.25, -0.2) is 0 Å². The molecule has 128 valence electrons. The Balaban J connectivity index is 2.45. The number of hydrogen-bond acceptors (Lipinski definition) is 4. The first-order chi connectivity index (χ1) is 11.0. The minimum absolute atomic E-state index is 0.124. The molecule has 1 aromatic rings. The maximum absolute atomic E-state index is 11.1. The number of phenolic OH excluding ortho intramolecular Hbond substituents is 2. The highest BCUT2D eigenvalue weighted by Crippen LogP contribution is 2.40. The highest BCUT2D eigenvalue weighted by atomic mass is 35.5. The van der Waals surface area contributed by atoms with Gasteiger partial charge in [-0.2, -0.15) is 0 Å². The topological polar surface area (TPSA) is 74.6 Å². The molecule has 5 heteroatoms. The Morgan fingerprint density at radius 3 is 2.04 bits per heavy atom. The summed E-state index contributed by atoms with van der Waals surface area (Å²) < 4.78 is 0. The summed E-state index contributed by atoms with van der Waals surface area (Å²) in [5.41, 5.74) is 0.905. The summed E-state index contributed by atoms with van der Waals surface area (Å²) >= 11 is 6.02. The van der Waals surface area contributed by atoms with Gasteiger partial charge in [0.2, 0.25) is 0 Å². The summed E-state index contributed by atoms with van der Waals surface area (Å²) in [4.78, 5) is 21.3. The van der Waals surface area contributed by atoms with Gasteiger partial charge in [-0.15, -0.1) is 0 Å². The van der Waals surface area contributed by atoms with Crippen LogP contribution < -0.4 is 0 Å². The second-order valence-corrected chi connectivity index (χ2v) is 6.20. The second-order valence-electron chi connectivity index (χ2n) is 5.83. The van der Waals surface area contributed by atoms with E-state index in [0.717, 1.165) is 51.2 Å². The zero-order valence-corrected chi connectivity index (χ0v) is 14.4. The van der Waals surface area contributed by atoms with Gasteiger partial charge in [0.15, 0.2) is 6.29 Å². The Morgan fingerprint density at radius 1 is 0.913 bits per heavy atom. The third kappa shape index (κ3) is 5.54.